The number of hydrogen-bond acceptors (Lipinski definition) is 1. The second kappa shape index (κ2) is 9.14. The first-order valence-corrected chi connectivity index (χ1v) is 16.3. The minimum absolute atomic E-state index is 0.0707. The maximum atomic E-state index is 2.50. The maximum absolute atomic E-state index is 2.50. The Morgan fingerprint density at radius 1 is 0.500 bits per heavy atom. The van der Waals surface area contributed by atoms with E-state index in [1.807, 2.05) is 11.3 Å². The first kappa shape index (κ1) is 25.7. The Balaban J connectivity index is 1.35. The SMILES string of the molecule is Cc1cc(-c2c3ccccc3c(-c3ccc4c(c3)C(C)(C)c3c-4sc4ccc(C)cc34)c3ccccc23)c2ccccc2c1. The molecule has 9 rings (SSSR count). The molecule has 0 saturated heterocycles. The van der Waals surface area contributed by atoms with Gasteiger partial charge in [0.05, 0.1) is 0 Å². The summed E-state index contributed by atoms with van der Waals surface area (Å²) in [6.07, 6.45) is 0. The van der Waals surface area contributed by atoms with Crippen LogP contribution in [0.2, 0.25) is 0 Å². The van der Waals surface area contributed by atoms with E-state index in [2.05, 4.69) is 149 Å². The average molecular weight is 581 g/mol. The molecule has 0 aliphatic heterocycles. The zero-order valence-corrected chi connectivity index (χ0v) is 26.3. The van der Waals surface area contributed by atoms with Crippen LogP contribution in [0.4, 0.5) is 0 Å². The van der Waals surface area contributed by atoms with Crippen molar-refractivity contribution >= 4 is 53.7 Å². The third-order valence-corrected chi connectivity index (χ3v) is 11.1. The van der Waals surface area contributed by atoms with Gasteiger partial charge in [-0.05, 0) is 108 Å². The number of benzene rings is 7. The molecule has 0 amide bonds. The summed E-state index contributed by atoms with van der Waals surface area (Å²) in [6, 6.07) is 45.7. The van der Waals surface area contributed by atoms with E-state index in [1.54, 1.807) is 0 Å². The molecule has 7 aromatic carbocycles. The summed E-state index contributed by atoms with van der Waals surface area (Å²) in [7, 11) is 0. The van der Waals surface area contributed by atoms with Gasteiger partial charge in [-0.1, -0.05) is 129 Å². The Morgan fingerprint density at radius 3 is 1.84 bits per heavy atom. The molecule has 0 radical (unpaired) electrons. The summed E-state index contributed by atoms with van der Waals surface area (Å²) < 4.78 is 1.39. The summed E-state index contributed by atoms with van der Waals surface area (Å²) in [5.41, 5.74) is 12.1. The molecule has 0 atom stereocenters. The van der Waals surface area contributed by atoms with Gasteiger partial charge in [0.15, 0.2) is 0 Å². The lowest BCUT2D eigenvalue weighted by molar-refractivity contribution is 0.667. The van der Waals surface area contributed by atoms with E-state index in [0.717, 1.165) is 0 Å². The zero-order valence-electron chi connectivity index (χ0n) is 25.5. The predicted octanol–water partition coefficient (Wildman–Crippen LogP) is 12.6. The van der Waals surface area contributed by atoms with E-state index in [0.29, 0.717) is 0 Å². The highest BCUT2D eigenvalue weighted by Crippen LogP contribution is 2.56. The fourth-order valence-electron chi connectivity index (χ4n) is 7.97. The largest absolute Gasteiger partial charge is 0.135 e. The molecule has 210 valence electrons. The maximum Gasteiger partial charge on any atom is 0.0399 e. The minimum Gasteiger partial charge on any atom is -0.135 e. The van der Waals surface area contributed by atoms with Crippen molar-refractivity contribution in [1.29, 1.82) is 0 Å². The van der Waals surface area contributed by atoms with E-state index in [-0.39, 0.29) is 5.41 Å². The summed E-state index contributed by atoms with van der Waals surface area (Å²) in [4.78, 5) is 1.44. The number of thiophene rings is 1. The molecule has 0 nitrogen and oxygen atoms in total. The third-order valence-electron chi connectivity index (χ3n) is 9.90. The quantitative estimate of drug-likeness (QED) is 0.178. The summed E-state index contributed by atoms with van der Waals surface area (Å²) in [6.45, 7) is 9.25. The van der Waals surface area contributed by atoms with E-state index >= 15 is 0 Å². The average Bonchev–Trinajstić information content (AvgIpc) is 3.51. The summed E-state index contributed by atoms with van der Waals surface area (Å²) in [5.74, 6) is 0. The molecule has 8 aromatic rings. The smallest absolute Gasteiger partial charge is 0.0399 e. The molecule has 1 heterocycles. The number of hydrogen-bond donors (Lipinski definition) is 0. The Hall–Kier alpha value is -4.72. The molecule has 0 N–H and O–H groups in total. The van der Waals surface area contributed by atoms with Gasteiger partial charge in [-0.15, -0.1) is 11.3 Å². The number of rotatable bonds is 2. The van der Waals surface area contributed by atoms with Gasteiger partial charge in [0.2, 0.25) is 0 Å². The van der Waals surface area contributed by atoms with Crippen LogP contribution in [0.1, 0.15) is 36.1 Å². The van der Waals surface area contributed by atoms with Crippen molar-refractivity contribution in [3.05, 3.63) is 144 Å². The van der Waals surface area contributed by atoms with Crippen molar-refractivity contribution < 1.29 is 0 Å². The van der Waals surface area contributed by atoms with Gasteiger partial charge in [0.1, 0.15) is 0 Å². The molecular weight excluding hydrogens is 549 g/mol. The first-order chi connectivity index (χ1) is 21.4. The second-order valence-corrected chi connectivity index (χ2v) is 14.1. The number of aryl methyl sites for hydroxylation is 2. The topological polar surface area (TPSA) is 0 Å². The van der Waals surface area contributed by atoms with Crippen molar-refractivity contribution in [1.82, 2.24) is 0 Å². The van der Waals surface area contributed by atoms with Crippen molar-refractivity contribution in [3.63, 3.8) is 0 Å². The normalized spacial score (nSPS) is 13.6. The lowest BCUT2D eigenvalue weighted by Gasteiger charge is -2.23. The highest BCUT2D eigenvalue weighted by atomic mass is 32.1. The number of fused-ring (bicyclic) bond motifs is 8. The molecule has 1 aliphatic carbocycles. The fourth-order valence-corrected chi connectivity index (χ4v) is 9.35. The van der Waals surface area contributed by atoms with Crippen LogP contribution in [0, 0.1) is 13.8 Å². The van der Waals surface area contributed by atoms with Gasteiger partial charge in [0.25, 0.3) is 0 Å². The minimum atomic E-state index is -0.0707. The Morgan fingerprint density at radius 2 is 1.14 bits per heavy atom. The molecule has 44 heavy (non-hydrogen) atoms. The summed E-state index contributed by atoms with van der Waals surface area (Å²) >= 11 is 1.95. The van der Waals surface area contributed by atoms with Crippen LogP contribution < -0.4 is 0 Å². The summed E-state index contributed by atoms with van der Waals surface area (Å²) in [5, 5.41) is 9.22. The van der Waals surface area contributed by atoms with E-state index < -0.39 is 0 Å². The fraction of sp³-hybridized carbons (Fsp3) is 0.116. The molecule has 0 bridgehead atoms. The van der Waals surface area contributed by atoms with E-state index in [9.17, 15) is 0 Å². The van der Waals surface area contributed by atoms with Crippen LogP contribution in [-0.2, 0) is 5.41 Å². The molecule has 0 unspecified atom stereocenters. The molecular formula is C43H32S. The third kappa shape index (κ3) is 3.51. The van der Waals surface area contributed by atoms with Gasteiger partial charge in [-0.3, -0.25) is 0 Å². The lowest BCUT2D eigenvalue weighted by atomic mass is 9.79. The van der Waals surface area contributed by atoms with E-state index in [4.69, 9.17) is 0 Å². The Kier molecular flexibility index (Phi) is 5.35. The van der Waals surface area contributed by atoms with Crippen LogP contribution >= 0.6 is 11.3 Å². The zero-order chi connectivity index (χ0) is 29.7. The van der Waals surface area contributed by atoms with Crippen LogP contribution in [-0.4, -0.2) is 0 Å². The van der Waals surface area contributed by atoms with E-state index in [1.165, 1.54) is 97.4 Å². The first-order valence-electron chi connectivity index (χ1n) is 15.5. The van der Waals surface area contributed by atoms with Crippen LogP contribution in [0.15, 0.2) is 121 Å². The molecule has 1 aliphatic rings. The highest BCUT2D eigenvalue weighted by Gasteiger charge is 2.39. The Labute approximate surface area is 262 Å². The standard InChI is InChI=1S/C43H32S/c1-25-17-20-38-36(22-25)41-42(44-38)34-19-18-28(24-37(34)43(41,3)4)39-30-13-7-9-15-32(30)40(33-16-10-8-14-31(33)39)35-23-26(2)21-27-11-5-6-12-29(27)35/h5-24H,1-4H3. The van der Waals surface area contributed by atoms with Crippen molar-refractivity contribution in [2.75, 3.05) is 0 Å². The van der Waals surface area contributed by atoms with Gasteiger partial charge >= 0.3 is 0 Å². The monoisotopic (exact) mass is 580 g/mol. The van der Waals surface area contributed by atoms with Gasteiger partial charge in [0, 0.05) is 15.0 Å². The predicted molar refractivity (Wildman–Crippen MR) is 192 cm³/mol. The van der Waals surface area contributed by atoms with Crippen LogP contribution in [0.5, 0.6) is 0 Å². The molecule has 1 heteroatoms. The molecule has 0 spiro atoms. The van der Waals surface area contributed by atoms with Crippen molar-refractivity contribution in [2.45, 2.75) is 33.1 Å². The van der Waals surface area contributed by atoms with Crippen LogP contribution in [0.25, 0.3) is 75.1 Å². The van der Waals surface area contributed by atoms with Gasteiger partial charge in [-0.2, -0.15) is 0 Å². The van der Waals surface area contributed by atoms with Crippen molar-refractivity contribution in [3.8, 4) is 32.7 Å². The Bertz CT molecular complexity index is 2430. The molecule has 0 saturated carbocycles. The second-order valence-electron chi connectivity index (χ2n) is 13.1. The van der Waals surface area contributed by atoms with Gasteiger partial charge < -0.3 is 0 Å². The highest BCUT2D eigenvalue weighted by molar-refractivity contribution is 7.22. The molecule has 1 aromatic heterocycles. The van der Waals surface area contributed by atoms with Gasteiger partial charge in [-0.25, -0.2) is 0 Å². The van der Waals surface area contributed by atoms with Crippen LogP contribution in [0.3, 0.4) is 0 Å². The molecule has 0 fully saturated rings. The lowest BCUT2D eigenvalue weighted by Crippen LogP contribution is -2.15. The van der Waals surface area contributed by atoms with Crippen molar-refractivity contribution in [2.24, 2.45) is 0 Å².